The van der Waals surface area contributed by atoms with E-state index >= 15 is 0 Å². The molecule has 100 valence electrons. The largest absolute Gasteiger partial charge is 0.472 e. The Kier molecular flexibility index (Phi) is 4.04. The Hall–Kier alpha value is -1.33. The predicted octanol–water partition coefficient (Wildman–Crippen LogP) is 1.12. The molecule has 5 nitrogen and oxygen atoms in total. The van der Waals surface area contributed by atoms with Crippen LogP contribution in [0.4, 0.5) is 0 Å². The molecule has 0 bridgehead atoms. The minimum atomic E-state index is -0.110. The van der Waals surface area contributed by atoms with Gasteiger partial charge in [-0.1, -0.05) is 0 Å². The number of nitrogens with one attached hydrogen (secondary N) is 1. The average Bonchev–Trinajstić information content (AvgIpc) is 2.97. The van der Waals surface area contributed by atoms with Gasteiger partial charge in [-0.15, -0.1) is 0 Å². The summed E-state index contributed by atoms with van der Waals surface area (Å²) in [6.07, 6.45) is 2.99. The topological polar surface area (TPSA) is 54.7 Å². The maximum Gasteiger partial charge on any atom is 0.254 e. The van der Waals surface area contributed by atoms with E-state index in [4.69, 9.17) is 9.15 Å². The summed E-state index contributed by atoms with van der Waals surface area (Å²) in [5.41, 5.74) is 0.549. The molecule has 1 aromatic heterocycles. The molecule has 2 rings (SSSR count). The molecule has 0 saturated carbocycles. The number of hydrogen-bond donors (Lipinski definition) is 1. The fraction of sp³-hybridized carbons (Fsp3) is 0.615. The Bertz CT molecular complexity index is 389. The van der Waals surface area contributed by atoms with Gasteiger partial charge in [0.1, 0.15) is 6.26 Å². The summed E-state index contributed by atoms with van der Waals surface area (Å²) in [5, 5.41) is 3.00. The molecular weight excluding hydrogens is 232 g/mol. The van der Waals surface area contributed by atoms with Crippen LogP contribution in [0, 0.1) is 0 Å². The van der Waals surface area contributed by atoms with Crippen molar-refractivity contribution in [3.63, 3.8) is 0 Å². The molecule has 0 aromatic carbocycles. The second-order valence-corrected chi connectivity index (χ2v) is 4.91. The lowest BCUT2D eigenvalue weighted by Gasteiger charge is -2.19. The van der Waals surface area contributed by atoms with Gasteiger partial charge in [-0.2, -0.15) is 0 Å². The second-order valence-electron chi connectivity index (χ2n) is 4.91. The third kappa shape index (κ3) is 2.73. The van der Waals surface area contributed by atoms with Gasteiger partial charge < -0.3 is 14.5 Å². The van der Waals surface area contributed by atoms with Gasteiger partial charge >= 0.3 is 0 Å². The number of carbonyl (C=O) groups is 1. The molecule has 1 N–H and O–H groups in total. The molecule has 1 fully saturated rings. The zero-order valence-electron chi connectivity index (χ0n) is 11.1. The third-order valence-corrected chi connectivity index (χ3v) is 3.43. The Morgan fingerprint density at radius 1 is 1.56 bits per heavy atom. The van der Waals surface area contributed by atoms with Crippen LogP contribution in [-0.4, -0.2) is 49.2 Å². The van der Waals surface area contributed by atoms with Crippen LogP contribution in [0.2, 0.25) is 0 Å². The Labute approximate surface area is 107 Å². The van der Waals surface area contributed by atoms with Crippen molar-refractivity contribution in [3.8, 4) is 0 Å². The van der Waals surface area contributed by atoms with Gasteiger partial charge in [0.25, 0.3) is 5.91 Å². The normalized spacial score (nSPS) is 24.7. The van der Waals surface area contributed by atoms with Gasteiger partial charge in [0.15, 0.2) is 0 Å². The average molecular weight is 252 g/mol. The van der Waals surface area contributed by atoms with E-state index in [1.807, 2.05) is 0 Å². The van der Waals surface area contributed by atoms with E-state index in [-0.39, 0.29) is 18.1 Å². The lowest BCUT2D eigenvalue weighted by atomic mass is 10.2. The predicted molar refractivity (Wildman–Crippen MR) is 67.5 cm³/mol. The van der Waals surface area contributed by atoms with Crippen molar-refractivity contribution < 1.29 is 13.9 Å². The van der Waals surface area contributed by atoms with E-state index in [0.717, 1.165) is 13.1 Å². The van der Waals surface area contributed by atoms with Crippen LogP contribution < -0.4 is 5.32 Å². The number of methoxy groups -OCH3 is 1. The highest BCUT2D eigenvalue weighted by Gasteiger charge is 2.35. The number of amides is 1. The first-order chi connectivity index (χ1) is 8.61. The van der Waals surface area contributed by atoms with Crippen LogP contribution in [0.1, 0.15) is 24.2 Å². The number of nitrogens with zero attached hydrogens (tertiary/aromatic N) is 1. The first kappa shape index (κ1) is 13.1. The molecule has 5 heteroatoms. The molecule has 0 aliphatic carbocycles. The molecule has 1 aliphatic rings. The van der Waals surface area contributed by atoms with Gasteiger partial charge in [-0.05, 0) is 19.9 Å². The Morgan fingerprint density at radius 2 is 2.33 bits per heavy atom. The summed E-state index contributed by atoms with van der Waals surface area (Å²) in [5.74, 6) is -0.110. The van der Waals surface area contributed by atoms with Crippen LogP contribution >= 0.6 is 0 Å². The number of ether oxygens (including phenoxy) is 1. The first-order valence-corrected chi connectivity index (χ1v) is 6.21. The molecule has 1 aromatic rings. The molecule has 2 atom stereocenters. The highest BCUT2D eigenvalue weighted by molar-refractivity contribution is 5.94. The number of carbonyl (C=O) groups excluding carboxylic acids is 1. The van der Waals surface area contributed by atoms with Crippen molar-refractivity contribution in [3.05, 3.63) is 24.2 Å². The molecule has 2 heterocycles. The van der Waals surface area contributed by atoms with Gasteiger partial charge in [-0.25, -0.2) is 0 Å². The van der Waals surface area contributed by atoms with Crippen LogP contribution in [0.25, 0.3) is 0 Å². The van der Waals surface area contributed by atoms with Crippen molar-refractivity contribution in [2.75, 3.05) is 20.2 Å². The molecule has 0 spiro atoms. The van der Waals surface area contributed by atoms with Crippen molar-refractivity contribution >= 4 is 5.91 Å². The summed E-state index contributed by atoms with van der Waals surface area (Å²) >= 11 is 0. The molecule has 18 heavy (non-hydrogen) atoms. The smallest absolute Gasteiger partial charge is 0.254 e. The van der Waals surface area contributed by atoms with Crippen molar-refractivity contribution in [1.82, 2.24) is 10.2 Å². The number of hydrogen-bond acceptors (Lipinski definition) is 4. The number of likely N-dealkylation sites (tertiary alicyclic amines) is 1. The van der Waals surface area contributed by atoms with Gasteiger partial charge in [0, 0.05) is 26.2 Å². The molecule has 0 unspecified atom stereocenters. The highest BCUT2D eigenvalue weighted by atomic mass is 16.5. The standard InChI is InChI=1S/C13H20N2O3/c1-9(2)15-6-11(12(7-15)17-3)14-13(16)10-4-5-18-8-10/h4-5,8-9,11-12H,6-7H2,1-3H3,(H,14,16)/t11-,12-/m0/s1. The van der Waals surface area contributed by atoms with Crippen molar-refractivity contribution in [2.24, 2.45) is 0 Å². The zero-order valence-corrected chi connectivity index (χ0v) is 11.1. The molecular formula is C13H20N2O3. The summed E-state index contributed by atoms with van der Waals surface area (Å²) in [6.45, 7) is 5.96. The van der Waals surface area contributed by atoms with E-state index in [1.54, 1.807) is 13.2 Å². The minimum Gasteiger partial charge on any atom is -0.472 e. The van der Waals surface area contributed by atoms with Gasteiger partial charge in [0.05, 0.1) is 24.0 Å². The van der Waals surface area contributed by atoms with E-state index in [0.29, 0.717) is 11.6 Å². The summed E-state index contributed by atoms with van der Waals surface area (Å²) in [7, 11) is 1.69. The summed E-state index contributed by atoms with van der Waals surface area (Å²) < 4.78 is 10.4. The SMILES string of the molecule is CO[C@H]1CN(C(C)C)C[C@@H]1NC(=O)c1ccoc1. The van der Waals surface area contributed by atoms with Gasteiger partial charge in [0.2, 0.25) is 0 Å². The monoisotopic (exact) mass is 252 g/mol. The number of rotatable bonds is 4. The zero-order chi connectivity index (χ0) is 13.1. The molecule has 1 saturated heterocycles. The van der Waals surface area contributed by atoms with Crippen LogP contribution in [-0.2, 0) is 4.74 Å². The molecule has 1 amide bonds. The first-order valence-electron chi connectivity index (χ1n) is 6.21. The lowest BCUT2D eigenvalue weighted by molar-refractivity contribution is 0.0753. The maximum atomic E-state index is 12.0. The van der Waals surface area contributed by atoms with Crippen LogP contribution in [0.3, 0.4) is 0 Å². The van der Waals surface area contributed by atoms with Gasteiger partial charge in [-0.3, -0.25) is 9.69 Å². The van der Waals surface area contributed by atoms with Crippen molar-refractivity contribution in [1.29, 1.82) is 0 Å². The third-order valence-electron chi connectivity index (χ3n) is 3.43. The Balaban J connectivity index is 1.98. The van der Waals surface area contributed by atoms with Crippen LogP contribution in [0.5, 0.6) is 0 Å². The fourth-order valence-electron chi connectivity index (χ4n) is 2.25. The molecule has 0 radical (unpaired) electrons. The second kappa shape index (κ2) is 5.54. The summed E-state index contributed by atoms with van der Waals surface area (Å²) in [6, 6.07) is 2.14. The van der Waals surface area contributed by atoms with Crippen molar-refractivity contribution in [2.45, 2.75) is 32.0 Å². The van der Waals surface area contributed by atoms with E-state index in [9.17, 15) is 4.79 Å². The Morgan fingerprint density at radius 3 is 2.89 bits per heavy atom. The quantitative estimate of drug-likeness (QED) is 0.872. The minimum absolute atomic E-state index is 0.0276. The van der Waals surface area contributed by atoms with E-state index < -0.39 is 0 Å². The summed E-state index contributed by atoms with van der Waals surface area (Å²) in [4.78, 5) is 14.3. The maximum absolute atomic E-state index is 12.0. The fourth-order valence-corrected chi connectivity index (χ4v) is 2.25. The number of furan rings is 1. The van der Waals surface area contributed by atoms with E-state index in [1.165, 1.54) is 12.5 Å². The van der Waals surface area contributed by atoms with E-state index in [2.05, 4.69) is 24.1 Å². The molecule has 1 aliphatic heterocycles. The lowest BCUT2D eigenvalue weighted by Crippen LogP contribution is -2.43. The van der Waals surface area contributed by atoms with Crippen LogP contribution in [0.15, 0.2) is 23.0 Å². The highest BCUT2D eigenvalue weighted by Crippen LogP contribution is 2.16.